The van der Waals surface area contributed by atoms with E-state index in [-0.39, 0.29) is 0 Å². The van der Waals surface area contributed by atoms with Crippen LogP contribution < -0.4 is 20.1 Å². The first-order valence-electron chi connectivity index (χ1n) is 9.01. The third-order valence-corrected chi connectivity index (χ3v) is 4.97. The van der Waals surface area contributed by atoms with Crippen LogP contribution in [-0.2, 0) is 6.54 Å². The molecule has 2 unspecified atom stereocenters. The summed E-state index contributed by atoms with van der Waals surface area (Å²) < 4.78 is 11.8. The van der Waals surface area contributed by atoms with Crippen molar-refractivity contribution in [2.24, 2.45) is 10.9 Å². The molecule has 0 aromatic heterocycles. The molecule has 3 rings (SSSR count). The van der Waals surface area contributed by atoms with Gasteiger partial charge in [-0.15, -0.1) is 0 Å². The number of methoxy groups -OCH3 is 1. The molecule has 1 aromatic carbocycles. The fourth-order valence-electron chi connectivity index (χ4n) is 3.24. The maximum Gasteiger partial charge on any atom is 0.191 e. The summed E-state index contributed by atoms with van der Waals surface area (Å²) in [6.07, 6.45) is 6.30. The molecule has 24 heavy (non-hydrogen) atoms. The van der Waals surface area contributed by atoms with Gasteiger partial charge in [-0.05, 0) is 44.1 Å². The Hall–Kier alpha value is -1.91. The van der Waals surface area contributed by atoms with Crippen LogP contribution in [0.5, 0.6) is 11.5 Å². The number of para-hydroxylation sites is 1. The predicted molar refractivity (Wildman–Crippen MR) is 96.8 cm³/mol. The Balaban J connectivity index is 1.66. The van der Waals surface area contributed by atoms with Crippen LogP contribution in [-0.4, -0.2) is 32.3 Å². The summed E-state index contributed by atoms with van der Waals surface area (Å²) in [5.41, 5.74) is 1.10. The fourth-order valence-corrected chi connectivity index (χ4v) is 3.24. The lowest BCUT2D eigenvalue weighted by atomic mass is 10.1. The average molecular weight is 331 g/mol. The molecule has 0 amide bonds. The number of guanidine groups is 1. The molecule has 1 aromatic rings. The Kier molecular flexibility index (Phi) is 5.48. The first-order chi connectivity index (χ1) is 11.7. The molecule has 0 bridgehead atoms. The van der Waals surface area contributed by atoms with Crippen LogP contribution in [0.1, 0.15) is 44.6 Å². The highest BCUT2D eigenvalue weighted by Crippen LogP contribution is 2.35. The minimum Gasteiger partial charge on any atom is -0.493 e. The van der Waals surface area contributed by atoms with Crippen LogP contribution >= 0.6 is 0 Å². The lowest BCUT2D eigenvalue weighted by Crippen LogP contribution is -2.38. The summed E-state index contributed by atoms with van der Waals surface area (Å²) in [6, 6.07) is 6.62. The number of aliphatic imine (C=N–C) groups is 1. The number of nitrogens with one attached hydrogen (secondary N) is 2. The number of benzene rings is 1. The standard InChI is InChI=1S/C19H29N3O2/c1-13-11-16(13)22-19(20-2)21-12-14-7-6-10-17(23-3)18(14)24-15-8-4-5-9-15/h6-7,10,13,15-16H,4-5,8-9,11-12H2,1-3H3,(H2,20,21,22). The average Bonchev–Trinajstić information content (AvgIpc) is 3.06. The maximum absolute atomic E-state index is 6.28. The highest BCUT2D eigenvalue weighted by molar-refractivity contribution is 5.80. The van der Waals surface area contributed by atoms with Crippen molar-refractivity contribution in [2.45, 2.75) is 57.7 Å². The molecule has 0 aliphatic heterocycles. The van der Waals surface area contributed by atoms with E-state index in [4.69, 9.17) is 9.47 Å². The molecule has 132 valence electrons. The van der Waals surface area contributed by atoms with Gasteiger partial charge >= 0.3 is 0 Å². The Morgan fingerprint density at radius 1 is 1.29 bits per heavy atom. The second-order valence-electron chi connectivity index (χ2n) is 6.86. The Labute approximate surface area is 144 Å². The van der Waals surface area contributed by atoms with Crippen LogP contribution in [0.15, 0.2) is 23.2 Å². The Bertz CT molecular complexity index is 582. The van der Waals surface area contributed by atoms with Crippen LogP contribution in [0, 0.1) is 5.92 Å². The van der Waals surface area contributed by atoms with E-state index in [0.717, 1.165) is 41.8 Å². The zero-order valence-corrected chi connectivity index (χ0v) is 15.0. The van der Waals surface area contributed by atoms with E-state index in [1.807, 2.05) is 19.2 Å². The van der Waals surface area contributed by atoms with Gasteiger partial charge in [0.15, 0.2) is 17.5 Å². The second-order valence-corrected chi connectivity index (χ2v) is 6.86. The summed E-state index contributed by atoms with van der Waals surface area (Å²) in [7, 11) is 3.51. The highest BCUT2D eigenvalue weighted by Gasteiger charge is 2.33. The number of hydrogen-bond donors (Lipinski definition) is 2. The van der Waals surface area contributed by atoms with Gasteiger partial charge < -0.3 is 20.1 Å². The van der Waals surface area contributed by atoms with Gasteiger partial charge in [-0.2, -0.15) is 0 Å². The summed E-state index contributed by atoms with van der Waals surface area (Å²) in [4.78, 5) is 4.32. The van der Waals surface area contributed by atoms with E-state index in [0.29, 0.717) is 18.7 Å². The topological polar surface area (TPSA) is 54.9 Å². The van der Waals surface area contributed by atoms with Crippen LogP contribution in [0.3, 0.4) is 0 Å². The van der Waals surface area contributed by atoms with Crippen LogP contribution in [0.25, 0.3) is 0 Å². The van der Waals surface area contributed by atoms with Gasteiger partial charge in [0.05, 0.1) is 13.2 Å². The van der Waals surface area contributed by atoms with E-state index in [1.54, 1.807) is 7.11 Å². The summed E-state index contributed by atoms with van der Waals surface area (Å²) in [5.74, 6) is 3.26. The van der Waals surface area contributed by atoms with Gasteiger partial charge in [0.1, 0.15) is 0 Å². The van der Waals surface area contributed by atoms with E-state index in [2.05, 4.69) is 28.6 Å². The summed E-state index contributed by atoms with van der Waals surface area (Å²) in [6.45, 7) is 2.92. The SMILES string of the molecule is CN=C(NCc1cccc(OC)c1OC1CCCC1)NC1CC1C. The number of ether oxygens (including phenoxy) is 2. The molecule has 0 radical (unpaired) electrons. The van der Waals surface area contributed by atoms with Crippen LogP contribution in [0.4, 0.5) is 0 Å². The van der Waals surface area contributed by atoms with Crippen molar-refractivity contribution in [3.8, 4) is 11.5 Å². The lowest BCUT2D eigenvalue weighted by molar-refractivity contribution is 0.198. The Morgan fingerprint density at radius 2 is 2.04 bits per heavy atom. The van der Waals surface area contributed by atoms with Gasteiger partial charge in [-0.1, -0.05) is 19.1 Å². The minimum atomic E-state index is 0.310. The molecule has 2 saturated carbocycles. The molecule has 2 aliphatic carbocycles. The van der Waals surface area contributed by atoms with Gasteiger partial charge in [-0.3, -0.25) is 4.99 Å². The highest BCUT2D eigenvalue weighted by atomic mass is 16.5. The number of hydrogen-bond acceptors (Lipinski definition) is 3. The molecule has 5 nitrogen and oxygen atoms in total. The first kappa shape index (κ1) is 16.9. The molecular weight excluding hydrogens is 302 g/mol. The van der Waals surface area contributed by atoms with Gasteiger partial charge in [0.25, 0.3) is 0 Å². The zero-order valence-electron chi connectivity index (χ0n) is 15.0. The maximum atomic E-state index is 6.28. The zero-order chi connectivity index (χ0) is 16.9. The van der Waals surface area contributed by atoms with Crippen molar-refractivity contribution in [1.82, 2.24) is 10.6 Å². The van der Waals surface area contributed by atoms with Crippen molar-refractivity contribution in [2.75, 3.05) is 14.2 Å². The predicted octanol–water partition coefficient (Wildman–Crippen LogP) is 3.09. The van der Waals surface area contributed by atoms with Crippen molar-refractivity contribution in [3.05, 3.63) is 23.8 Å². The largest absolute Gasteiger partial charge is 0.493 e. The molecule has 2 aliphatic rings. The van der Waals surface area contributed by atoms with Crippen molar-refractivity contribution in [1.29, 1.82) is 0 Å². The van der Waals surface area contributed by atoms with E-state index >= 15 is 0 Å². The molecule has 2 fully saturated rings. The van der Waals surface area contributed by atoms with Crippen molar-refractivity contribution >= 4 is 5.96 Å². The van der Waals surface area contributed by atoms with Crippen LogP contribution in [0.2, 0.25) is 0 Å². The molecular formula is C19H29N3O2. The molecule has 2 N–H and O–H groups in total. The Morgan fingerprint density at radius 3 is 2.67 bits per heavy atom. The third-order valence-electron chi connectivity index (χ3n) is 4.97. The molecule has 5 heteroatoms. The van der Waals surface area contributed by atoms with E-state index < -0.39 is 0 Å². The third kappa shape index (κ3) is 4.13. The molecule has 0 saturated heterocycles. The smallest absolute Gasteiger partial charge is 0.191 e. The van der Waals surface area contributed by atoms with E-state index in [9.17, 15) is 0 Å². The minimum absolute atomic E-state index is 0.310. The van der Waals surface area contributed by atoms with Gasteiger partial charge in [-0.25, -0.2) is 0 Å². The normalized spacial score (nSPS) is 23.9. The summed E-state index contributed by atoms with van der Waals surface area (Å²) >= 11 is 0. The second kappa shape index (κ2) is 7.77. The molecule has 0 spiro atoms. The molecule has 0 heterocycles. The monoisotopic (exact) mass is 331 g/mol. The van der Waals surface area contributed by atoms with Crippen molar-refractivity contribution < 1.29 is 9.47 Å². The van der Waals surface area contributed by atoms with Crippen molar-refractivity contribution in [3.63, 3.8) is 0 Å². The van der Waals surface area contributed by atoms with Gasteiger partial charge in [0, 0.05) is 25.2 Å². The molecule has 2 atom stereocenters. The summed E-state index contributed by atoms with van der Waals surface area (Å²) in [5, 5.41) is 6.85. The number of rotatable bonds is 6. The van der Waals surface area contributed by atoms with E-state index in [1.165, 1.54) is 19.3 Å². The first-order valence-corrected chi connectivity index (χ1v) is 9.01. The fraction of sp³-hybridized carbons (Fsp3) is 0.632. The van der Waals surface area contributed by atoms with Gasteiger partial charge in [0.2, 0.25) is 0 Å². The quantitative estimate of drug-likeness (QED) is 0.621. The number of nitrogens with zero attached hydrogens (tertiary/aromatic N) is 1. The lowest BCUT2D eigenvalue weighted by Gasteiger charge is -2.20.